The number of aromatic nitrogens is 2. The van der Waals surface area contributed by atoms with Gasteiger partial charge in [0.25, 0.3) is 5.89 Å². The largest absolute Gasteiger partial charge is 0.380 e. The van der Waals surface area contributed by atoms with Gasteiger partial charge < -0.3 is 9.63 Å². The van der Waals surface area contributed by atoms with E-state index in [1.807, 2.05) is 13.8 Å². The average molecular weight is 170 g/mol. The van der Waals surface area contributed by atoms with E-state index in [4.69, 9.17) is 4.52 Å². The Kier molecular flexibility index (Phi) is 2.19. The van der Waals surface area contributed by atoms with Gasteiger partial charge in [0.05, 0.1) is 0 Å². The highest BCUT2D eigenvalue weighted by molar-refractivity contribution is 4.97. The molecule has 68 valence electrons. The molecule has 0 amide bonds. The Hall–Kier alpha value is -0.900. The molecule has 1 atom stereocenters. The molecule has 1 unspecified atom stereocenters. The van der Waals surface area contributed by atoms with Gasteiger partial charge in [0.2, 0.25) is 0 Å². The second kappa shape index (κ2) is 2.86. The molecule has 0 aliphatic carbocycles. The third-order valence-electron chi connectivity index (χ3n) is 2.08. The molecule has 1 aromatic heterocycles. The Morgan fingerprint density at radius 1 is 1.50 bits per heavy atom. The monoisotopic (exact) mass is 170 g/mol. The van der Waals surface area contributed by atoms with Gasteiger partial charge >= 0.3 is 0 Å². The fourth-order valence-corrected chi connectivity index (χ4v) is 0.750. The third-order valence-corrected chi connectivity index (χ3v) is 2.08. The highest BCUT2D eigenvalue weighted by atomic mass is 16.5. The molecular weight excluding hydrogens is 156 g/mol. The van der Waals surface area contributed by atoms with E-state index < -0.39 is 5.60 Å². The van der Waals surface area contributed by atoms with Gasteiger partial charge in [0, 0.05) is 0 Å². The first kappa shape index (κ1) is 9.19. The van der Waals surface area contributed by atoms with Gasteiger partial charge in [0.1, 0.15) is 5.60 Å². The standard InChI is InChI=1S/C8H14N2O2/c1-5(2)8(4,11)7-9-6(3)10-12-7/h5,11H,1-4H3. The van der Waals surface area contributed by atoms with Crippen LogP contribution in [0.5, 0.6) is 0 Å². The number of nitrogens with zero attached hydrogens (tertiary/aromatic N) is 2. The number of aryl methyl sites for hydroxylation is 1. The van der Waals surface area contributed by atoms with Crippen LogP contribution in [0.1, 0.15) is 32.5 Å². The van der Waals surface area contributed by atoms with Crippen molar-refractivity contribution in [3.05, 3.63) is 11.7 Å². The van der Waals surface area contributed by atoms with Gasteiger partial charge in [-0.2, -0.15) is 4.98 Å². The maximum Gasteiger partial charge on any atom is 0.258 e. The van der Waals surface area contributed by atoms with Crippen molar-refractivity contribution in [2.75, 3.05) is 0 Å². The van der Waals surface area contributed by atoms with Crippen LogP contribution in [0.2, 0.25) is 0 Å². The SMILES string of the molecule is Cc1noc(C(C)(O)C(C)C)n1. The molecular formula is C8H14N2O2. The maximum atomic E-state index is 9.88. The van der Waals surface area contributed by atoms with Crippen molar-refractivity contribution in [3.8, 4) is 0 Å². The highest BCUT2D eigenvalue weighted by Gasteiger charge is 2.33. The molecule has 0 saturated heterocycles. The maximum absolute atomic E-state index is 9.88. The second-order valence-electron chi connectivity index (χ2n) is 3.45. The zero-order chi connectivity index (χ0) is 9.35. The number of rotatable bonds is 2. The molecule has 0 aromatic carbocycles. The van der Waals surface area contributed by atoms with Crippen molar-refractivity contribution < 1.29 is 9.63 Å². The molecule has 4 heteroatoms. The fourth-order valence-electron chi connectivity index (χ4n) is 0.750. The van der Waals surface area contributed by atoms with Crippen molar-refractivity contribution in [1.82, 2.24) is 10.1 Å². The van der Waals surface area contributed by atoms with E-state index in [-0.39, 0.29) is 11.8 Å². The number of hydrogen-bond donors (Lipinski definition) is 1. The summed E-state index contributed by atoms with van der Waals surface area (Å²) in [7, 11) is 0. The summed E-state index contributed by atoms with van der Waals surface area (Å²) in [5.41, 5.74) is -1.03. The minimum absolute atomic E-state index is 0.0531. The Morgan fingerprint density at radius 3 is 2.42 bits per heavy atom. The van der Waals surface area contributed by atoms with E-state index in [9.17, 15) is 5.11 Å². The summed E-state index contributed by atoms with van der Waals surface area (Å²) in [5.74, 6) is 0.887. The minimum atomic E-state index is -1.03. The Bertz CT molecular complexity index is 266. The predicted octanol–water partition coefficient (Wildman–Crippen LogP) is 1.24. The van der Waals surface area contributed by atoms with Crippen LogP contribution in [0.4, 0.5) is 0 Å². The Balaban J connectivity index is 2.97. The molecule has 1 aromatic rings. The van der Waals surface area contributed by atoms with Gasteiger partial charge in [-0.05, 0) is 19.8 Å². The fraction of sp³-hybridized carbons (Fsp3) is 0.750. The molecule has 0 spiro atoms. The lowest BCUT2D eigenvalue weighted by atomic mass is 9.93. The van der Waals surface area contributed by atoms with Crippen LogP contribution in [0.3, 0.4) is 0 Å². The van der Waals surface area contributed by atoms with Gasteiger partial charge in [-0.1, -0.05) is 19.0 Å². The zero-order valence-electron chi connectivity index (χ0n) is 7.83. The summed E-state index contributed by atoms with van der Waals surface area (Å²) >= 11 is 0. The molecule has 1 rings (SSSR count). The molecule has 0 aliphatic rings. The van der Waals surface area contributed by atoms with E-state index >= 15 is 0 Å². The smallest absolute Gasteiger partial charge is 0.258 e. The van der Waals surface area contributed by atoms with Crippen LogP contribution in [0, 0.1) is 12.8 Å². The number of aliphatic hydroxyl groups is 1. The molecule has 0 fully saturated rings. The molecule has 1 N–H and O–H groups in total. The third kappa shape index (κ3) is 1.48. The quantitative estimate of drug-likeness (QED) is 0.725. The molecule has 4 nitrogen and oxygen atoms in total. The van der Waals surface area contributed by atoms with Crippen LogP contribution in [0.25, 0.3) is 0 Å². The lowest BCUT2D eigenvalue weighted by Gasteiger charge is -2.22. The topological polar surface area (TPSA) is 59.2 Å². The van der Waals surface area contributed by atoms with E-state index in [0.29, 0.717) is 5.82 Å². The molecule has 1 heterocycles. The van der Waals surface area contributed by atoms with Crippen molar-refractivity contribution in [2.45, 2.75) is 33.3 Å². The molecule has 0 aliphatic heterocycles. The van der Waals surface area contributed by atoms with Crippen molar-refractivity contribution in [1.29, 1.82) is 0 Å². The van der Waals surface area contributed by atoms with Gasteiger partial charge in [-0.25, -0.2) is 0 Å². The van der Waals surface area contributed by atoms with Crippen molar-refractivity contribution in [2.24, 2.45) is 5.92 Å². The minimum Gasteiger partial charge on any atom is -0.380 e. The molecule has 0 bridgehead atoms. The van der Waals surface area contributed by atoms with Gasteiger partial charge in [0.15, 0.2) is 5.82 Å². The zero-order valence-corrected chi connectivity index (χ0v) is 7.83. The van der Waals surface area contributed by atoms with Crippen molar-refractivity contribution in [3.63, 3.8) is 0 Å². The first-order valence-electron chi connectivity index (χ1n) is 3.97. The van der Waals surface area contributed by atoms with Crippen LogP contribution < -0.4 is 0 Å². The lowest BCUT2D eigenvalue weighted by molar-refractivity contribution is -0.0205. The molecule has 0 saturated carbocycles. The van der Waals surface area contributed by atoms with Crippen LogP contribution in [-0.4, -0.2) is 15.2 Å². The molecule has 12 heavy (non-hydrogen) atoms. The average Bonchev–Trinajstić information content (AvgIpc) is 2.35. The van der Waals surface area contributed by atoms with Crippen molar-refractivity contribution >= 4 is 0 Å². The van der Waals surface area contributed by atoms with E-state index in [1.165, 1.54) is 0 Å². The second-order valence-corrected chi connectivity index (χ2v) is 3.45. The van der Waals surface area contributed by atoms with Crippen LogP contribution >= 0.6 is 0 Å². The lowest BCUT2D eigenvalue weighted by Crippen LogP contribution is -2.28. The number of hydrogen-bond acceptors (Lipinski definition) is 4. The van der Waals surface area contributed by atoms with Crippen LogP contribution in [0.15, 0.2) is 4.52 Å². The first-order valence-corrected chi connectivity index (χ1v) is 3.97. The van der Waals surface area contributed by atoms with E-state index in [1.54, 1.807) is 13.8 Å². The summed E-state index contributed by atoms with van der Waals surface area (Å²) in [6, 6.07) is 0. The highest BCUT2D eigenvalue weighted by Crippen LogP contribution is 2.26. The van der Waals surface area contributed by atoms with Gasteiger partial charge in [-0.15, -0.1) is 0 Å². The van der Waals surface area contributed by atoms with E-state index in [2.05, 4.69) is 10.1 Å². The Morgan fingerprint density at radius 2 is 2.08 bits per heavy atom. The Labute approximate surface area is 71.6 Å². The summed E-state index contributed by atoms with van der Waals surface area (Å²) in [6.07, 6.45) is 0. The van der Waals surface area contributed by atoms with Crippen LogP contribution in [-0.2, 0) is 5.60 Å². The summed E-state index contributed by atoms with van der Waals surface area (Å²) in [6.45, 7) is 7.20. The van der Waals surface area contributed by atoms with E-state index in [0.717, 1.165) is 0 Å². The van der Waals surface area contributed by atoms with Gasteiger partial charge in [-0.3, -0.25) is 0 Å². The molecule has 0 radical (unpaired) electrons. The summed E-state index contributed by atoms with van der Waals surface area (Å²) < 4.78 is 4.88. The summed E-state index contributed by atoms with van der Waals surface area (Å²) in [5, 5.41) is 13.5. The summed E-state index contributed by atoms with van der Waals surface area (Å²) in [4.78, 5) is 3.98. The first-order chi connectivity index (χ1) is 5.44. The normalized spacial score (nSPS) is 16.5. The predicted molar refractivity (Wildman–Crippen MR) is 43.4 cm³/mol.